The SMILES string of the molecule is [2H]C([2H])(Sc1nc(=O)c2c(n1CC(=O)N(CCN(CC)CC)C([2H])([2H])c1ccc(-c3ccc(C(F)(F)F)cc3)cc1)C([2H])([2H])C([2H])([2H])C2([2H])[2H])c1ccc(F)cc1. The first-order valence-corrected chi connectivity index (χ1v) is 15.5. The van der Waals surface area contributed by atoms with Gasteiger partial charge in [-0.2, -0.15) is 18.2 Å². The van der Waals surface area contributed by atoms with Crippen LogP contribution in [0.25, 0.3) is 11.1 Å². The van der Waals surface area contributed by atoms with Crippen LogP contribution < -0.4 is 5.56 Å². The molecule has 11 heteroatoms. The molecule has 4 aromatic rings. The highest BCUT2D eigenvalue weighted by atomic mass is 32.2. The van der Waals surface area contributed by atoms with Gasteiger partial charge >= 0.3 is 6.18 Å². The minimum atomic E-state index is -4.54. The molecule has 5 rings (SSSR count). The van der Waals surface area contributed by atoms with Gasteiger partial charge < -0.3 is 14.4 Å². The van der Waals surface area contributed by atoms with Crippen molar-refractivity contribution in [1.82, 2.24) is 19.4 Å². The molecule has 6 nitrogen and oxygen atoms in total. The van der Waals surface area contributed by atoms with Crippen molar-refractivity contribution in [2.45, 2.75) is 63.0 Å². The number of likely N-dealkylation sites (N-methyl/N-ethyl adjacent to an activating group) is 1. The molecule has 0 saturated carbocycles. The quantitative estimate of drug-likeness (QED) is 0.0851. The zero-order valence-electron chi connectivity index (χ0n) is 35.5. The van der Waals surface area contributed by atoms with E-state index in [1.54, 1.807) is 0 Å². The molecule has 1 amide bonds. The number of rotatable bonds is 13. The van der Waals surface area contributed by atoms with E-state index in [4.69, 9.17) is 11.0 Å². The van der Waals surface area contributed by atoms with E-state index >= 15 is 0 Å². The molecule has 47 heavy (non-hydrogen) atoms. The maximum Gasteiger partial charge on any atom is 0.416 e. The van der Waals surface area contributed by atoms with E-state index in [0.29, 0.717) is 28.8 Å². The molecule has 0 aliphatic heterocycles. The molecule has 0 bridgehead atoms. The third kappa shape index (κ3) is 8.70. The van der Waals surface area contributed by atoms with E-state index in [1.807, 2.05) is 18.7 Å². The lowest BCUT2D eigenvalue weighted by molar-refractivity contribution is -0.137. The van der Waals surface area contributed by atoms with Gasteiger partial charge in [-0.15, -0.1) is 0 Å². The van der Waals surface area contributed by atoms with Gasteiger partial charge in [0.2, 0.25) is 5.91 Å². The van der Waals surface area contributed by atoms with Gasteiger partial charge in [-0.05, 0) is 78.7 Å². The Kier molecular flexibility index (Phi) is 7.61. The van der Waals surface area contributed by atoms with Crippen LogP contribution >= 0.6 is 11.8 Å². The summed E-state index contributed by atoms with van der Waals surface area (Å²) in [6.45, 7) is 0.931. The number of carbonyl (C=O) groups is 1. The third-order valence-electron chi connectivity index (χ3n) is 7.44. The van der Waals surface area contributed by atoms with Crippen molar-refractivity contribution in [2.75, 3.05) is 26.2 Å². The van der Waals surface area contributed by atoms with Crippen LogP contribution in [0, 0.1) is 5.82 Å². The molecule has 1 aliphatic carbocycles. The van der Waals surface area contributed by atoms with E-state index < -0.39 is 83.3 Å². The molecule has 1 aliphatic rings. The molecule has 0 atom stereocenters. The number of hydrogen-bond donors (Lipinski definition) is 0. The highest BCUT2D eigenvalue weighted by molar-refractivity contribution is 7.98. The molecular weight excluding hydrogens is 628 g/mol. The third-order valence-corrected chi connectivity index (χ3v) is 8.28. The van der Waals surface area contributed by atoms with Crippen LogP contribution in [-0.4, -0.2) is 51.4 Å². The summed E-state index contributed by atoms with van der Waals surface area (Å²) in [4.78, 5) is 34.6. The summed E-state index contributed by atoms with van der Waals surface area (Å²) in [5.74, 6) is -1.73. The van der Waals surface area contributed by atoms with Crippen LogP contribution in [0.4, 0.5) is 17.6 Å². The number of aromatic nitrogens is 2. The van der Waals surface area contributed by atoms with E-state index in [9.17, 15) is 29.9 Å². The lowest BCUT2D eigenvalue weighted by Crippen LogP contribution is -2.40. The number of nitrogens with zero attached hydrogens (tertiary/aromatic N) is 4. The Bertz CT molecular complexity index is 2170. The van der Waals surface area contributed by atoms with Crippen LogP contribution in [-0.2, 0) is 42.5 Å². The van der Waals surface area contributed by atoms with Gasteiger partial charge in [0.15, 0.2) is 5.16 Å². The van der Waals surface area contributed by atoms with Crippen LogP contribution in [0.5, 0.6) is 0 Å². The average molecular weight is 677 g/mol. The number of benzene rings is 3. The molecule has 0 saturated heterocycles. The Morgan fingerprint density at radius 2 is 1.55 bits per heavy atom. The monoisotopic (exact) mass is 676 g/mol. The Balaban J connectivity index is 1.62. The second kappa shape index (κ2) is 15.3. The fraction of sp³-hybridized carbons (Fsp3) is 0.361. The van der Waals surface area contributed by atoms with Crippen molar-refractivity contribution in [2.24, 2.45) is 0 Å². The van der Waals surface area contributed by atoms with Gasteiger partial charge in [0.05, 0.1) is 8.30 Å². The maximum absolute atomic E-state index is 14.6. The van der Waals surface area contributed by atoms with Gasteiger partial charge in [-0.3, -0.25) is 9.59 Å². The lowest BCUT2D eigenvalue weighted by atomic mass is 10.0. The molecule has 0 unspecified atom stereocenters. The minimum absolute atomic E-state index is 0.0560. The Morgan fingerprint density at radius 1 is 0.936 bits per heavy atom. The second-order valence-corrected chi connectivity index (χ2v) is 11.2. The standard InChI is InChI=1S/C36H38F4N4O2S/c1-3-42(4-2)20-21-43(22-25-8-12-27(13-9-25)28-14-16-29(17-15-28)36(38,39)40)33(45)23-44-32-7-5-6-31(32)34(46)41-35(44)47-24-26-10-18-30(37)19-11-26/h8-19H,3-7,20-24H2,1-2H3/i5D2,6D2,7D2,22D2,24D2. The van der Waals surface area contributed by atoms with Gasteiger partial charge in [0.25, 0.3) is 5.56 Å². The van der Waals surface area contributed by atoms with Crippen LogP contribution in [0.2, 0.25) is 0 Å². The predicted molar refractivity (Wildman–Crippen MR) is 177 cm³/mol. The topological polar surface area (TPSA) is 58.4 Å². The van der Waals surface area contributed by atoms with Gasteiger partial charge in [0.1, 0.15) is 12.4 Å². The normalized spacial score (nSPS) is 19.8. The summed E-state index contributed by atoms with van der Waals surface area (Å²) < 4.78 is 141. The number of alkyl halides is 3. The van der Waals surface area contributed by atoms with Crippen molar-refractivity contribution in [1.29, 1.82) is 0 Å². The Morgan fingerprint density at radius 3 is 2.17 bits per heavy atom. The Labute approximate surface area is 290 Å². The minimum Gasteiger partial charge on any atom is -0.336 e. The summed E-state index contributed by atoms with van der Waals surface area (Å²) in [6, 6.07) is 14.2. The molecule has 0 fully saturated rings. The smallest absolute Gasteiger partial charge is 0.336 e. The molecule has 248 valence electrons. The first-order chi connectivity index (χ1) is 26.3. The molecule has 0 N–H and O–H groups in total. The number of hydrogen-bond acceptors (Lipinski definition) is 5. The van der Waals surface area contributed by atoms with Crippen molar-refractivity contribution in [3.8, 4) is 11.1 Å². The molecular formula is C36H38F4N4O2S. The first-order valence-electron chi connectivity index (χ1n) is 19.7. The molecule has 1 aromatic heterocycles. The summed E-state index contributed by atoms with van der Waals surface area (Å²) >= 11 is 0.213. The number of fused-ring (bicyclic) bond motifs is 1. The molecule has 3 aromatic carbocycles. The van der Waals surface area contributed by atoms with Crippen molar-refractivity contribution >= 4 is 17.7 Å². The fourth-order valence-corrected chi connectivity index (χ4v) is 5.51. The van der Waals surface area contributed by atoms with E-state index in [0.717, 1.165) is 41.3 Å². The van der Waals surface area contributed by atoms with Gasteiger partial charge in [-0.1, -0.05) is 74.1 Å². The highest BCUT2D eigenvalue weighted by Crippen LogP contribution is 2.31. The van der Waals surface area contributed by atoms with Crippen molar-refractivity contribution in [3.05, 3.63) is 117 Å². The largest absolute Gasteiger partial charge is 0.416 e. The summed E-state index contributed by atoms with van der Waals surface area (Å²) in [5.41, 5.74) is -6.03. The molecule has 0 radical (unpaired) electrons. The predicted octanol–water partition coefficient (Wildman–Crippen LogP) is 7.22. The summed E-state index contributed by atoms with van der Waals surface area (Å²) in [5, 5.41) is -0.649. The van der Waals surface area contributed by atoms with Gasteiger partial charge in [0, 0.05) is 47.5 Å². The number of halogens is 4. The molecule has 0 spiro atoms. The highest BCUT2D eigenvalue weighted by Gasteiger charge is 2.30. The summed E-state index contributed by atoms with van der Waals surface area (Å²) in [6.07, 6.45) is -14.5. The fourth-order valence-electron chi connectivity index (χ4n) is 4.77. The number of amides is 1. The van der Waals surface area contributed by atoms with E-state index in [1.165, 1.54) is 36.4 Å². The van der Waals surface area contributed by atoms with Crippen molar-refractivity contribution < 1.29 is 36.1 Å². The zero-order chi connectivity index (χ0) is 42.5. The van der Waals surface area contributed by atoms with E-state index in [2.05, 4.69) is 4.98 Å². The summed E-state index contributed by atoms with van der Waals surface area (Å²) in [7, 11) is 0. The van der Waals surface area contributed by atoms with E-state index in [-0.39, 0.29) is 36.0 Å². The van der Waals surface area contributed by atoms with Crippen LogP contribution in [0.15, 0.2) is 82.7 Å². The van der Waals surface area contributed by atoms with Crippen LogP contribution in [0.3, 0.4) is 0 Å². The first kappa shape index (κ1) is 23.4. The Hall–Kier alpha value is -3.96. The van der Waals surface area contributed by atoms with Gasteiger partial charge in [-0.25, -0.2) is 4.39 Å². The van der Waals surface area contributed by atoms with Crippen LogP contribution in [0.1, 0.15) is 61.9 Å². The second-order valence-electron chi connectivity index (χ2n) is 10.4. The number of thioether (sulfide) groups is 1. The lowest BCUT2D eigenvalue weighted by Gasteiger charge is -2.28. The zero-order valence-corrected chi connectivity index (χ0v) is 26.3. The number of carbonyl (C=O) groups excluding carboxylic acids is 1. The molecule has 1 heterocycles. The van der Waals surface area contributed by atoms with Crippen molar-refractivity contribution in [3.63, 3.8) is 0 Å². The average Bonchev–Trinajstić information content (AvgIpc) is 3.24. The maximum atomic E-state index is 14.6.